The lowest BCUT2D eigenvalue weighted by molar-refractivity contribution is -0.132. The van der Waals surface area contributed by atoms with Crippen molar-refractivity contribution >= 4 is 16.1 Å². The Hall–Kier alpha value is -1.51. The van der Waals surface area contributed by atoms with E-state index in [1.807, 2.05) is 6.92 Å². The highest BCUT2D eigenvalue weighted by Crippen LogP contribution is 2.10. The first kappa shape index (κ1) is 18.8. The fourth-order valence-corrected chi connectivity index (χ4v) is 3.85. The van der Waals surface area contributed by atoms with Gasteiger partial charge < -0.3 is 4.90 Å². The van der Waals surface area contributed by atoms with Crippen LogP contribution in [-0.2, 0) is 21.4 Å². The largest absolute Gasteiger partial charge is 0.340 e. The summed E-state index contributed by atoms with van der Waals surface area (Å²) < 4.78 is 40.9. The van der Waals surface area contributed by atoms with E-state index in [-0.39, 0.29) is 11.7 Å². The minimum absolute atomic E-state index is 0.00195. The second-order valence-electron chi connectivity index (χ2n) is 5.81. The van der Waals surface area contributed by atoms with Gasteiger partial charge in [0.25, 0.3) is 10.2 Å². The second kappa shape index (κ2) is 8.55. The van der Waals surface area contributed by atoms with Gasteiger partial charge in [-0.05, 0) is 30.5 Å². The molecule has 0 saturated carbocycles. The maximum Gasteiger partial charge on any atom is 0.279 e. The second-order valence-corrected chi connectivity index (χ2v) is 7.56. The van der Waals surface area contributed by atoms with Crippen LogP contribution in [0, 0.1) is 5.82 Å². The van der Waals surface area contributed by atoms with Gasteiger partial charge >= 0.3 is 0 Å². The van der Waals surface area contributed by atoms with Crippen LogP contribution in [0.3, 0.4) is 0 Å². The number of hydrogen-bond acceptors (Lipinski definition) is 3. The standard InChI is InChI=1S/C16H24FN3O3S/c1-2-9-18-24(22,23)20-12-10-19(11-13-20)16(21)8-5-14-3-6-15(17)7-4-14/h3-4,6-7,18H,2,5,8-13H2,1H3. The van der Waals surface area contributed by atoms with Gasteiger partial charge in [0, 0.05) is 39.1 Å². The summed E-state index contributed by atoms with van der Waals surface area (Å²) in [5.74, 6) is -0.294. The van der Waals surface area contributed by atoms with Crippen molar-refractivity contribution in [1.82, 2.24) is 13.9 Å². The fourth-order valence-electron chi connectivity index (χ4n) is 2.56. The average molecular weight is 357 g/mol. The van der Waals surface area contributed by atoms with E-state index in [2.05, 4.69) is 4.72 Å². The number of aryl methyl sites for hydroxylation is 1. The SMILES string of the molecule is CCCNS(=O)(=O)N1CCN(C(=O)CCc2ccc(F)cc2)CC1. The van der Waals surface area contributed by atoms with E-state index in [4.69, 9.17) is 0 Å². The summed E-state index contributed by atoms with van der Waals surface area (Å²) in [6.07, 6.45) is 1.63. The predicted molar refractivity (Wildman–Crippen MR) is 90.1 cm³/mol. The van der Waals surface area contributed by atoms with Gasteiger partial charge in [-0.1, -0.05) is 19.1 Å². The minimum atomic E-state index is -3.44. The molecule has 1 saturated heterocycles. The van der Waals surface area contributed by atoms with E-state index in [0.717, 1.165) is 12.0 Å². The Morgan fingerprint density at radius 1 is 1.17 bits per heavy atom. The van der Waals surface area contributed by atoms with Crippen molar-refractivity contribution in [2.45, 2.75) is 26.2 Å². The molecule has 1 heterocycles. The smallest absolute Gasteiger partial charge is 0.279 e. The lowest BCUT2D eigenvalue weighted by Gasteiger charge is -2.34. The number of carbonyl (C=O) groups excluding carboxylic acids is 1. The number of hydrogen-bond donors (Lipinski definition) is 1. The van der Waals surface area contributed by atoms with Gasteiger partial charge in [0.15, 0.2) is 0 Å². The monoisotopic (exact) mass is 357 g/mol. The molecule has 0 bridgehead atoms. The highest BCUT2D eigenvalue weighted by atomic mass is 32.2. The molecule has 1 amide bonds. The van der Waals surface area contributed by atoms with E-state index in [9.17, 15) is 17.6 Å². The molecular formula is C16H24FN3O3S. The maximum atomic E-state index is 12.9. The summed E-state index contributed by atoms with van der Waals surface area (Å²) in [6.45, 7) is 3.73. The number of nitrogens with one attached hydrogen (secondary N) is 1. The quantitative estimate of drug-likeness (QED) is 0.796. The molecule has 0 unspecified atom stereocenters. The van der Waals surface area contributed by atoms with Crippen molar-refractivity contribution in [3.8, 4) is 0 Å². The van der Waals surface area contributed by atoms with Gasteiger partial charge in [-0.25, -0.2) is 9.11 Å². The molecule has 1 aliphatic heterocycles. The van der Waals surface area contributed by atoms with Gasteiger partial charge in [-0.2, -0.15) is 12.7 Å². The summed E-state index contributed by atoms with van der Waals surface area (Å²) >= 11 is 0. The fraction of sp³-hybridized carbons (Fsp3) is 0.562. The van der Waals surface area contributed by atoms with E-state index in [0.29, 0.717) is 45.6 Å². The molecule has 2 rings (SSSR count). The van der Waals surface area contributed by atoms with Crippen LogP contribution < -0.4 is 4.72 Å². The normalized spacial score (nSPS) is 16.3. The molecule has 1 N–H and O–H groups in total. The molecule has 1 aromatic rings. The number of amides is 1. The van der Waals surface area contributed by atoms with Crippen molar-refractivity contribution in [2.24, 2.45) is 0 Å². The Morgan fingerprint density at radius 2 is 1.79 bits per heavy atom. The number of rotatable bonds is 7. The molecule has 1 aromatic carbocycles. The van der Waals surface area contributed by atoms with Crippen LogP contribution >= 0.6 is 0 Å². The highest BCUT2D eigenvalue weighted by Gasteiger charge is 2.28. The third kappa shape index (κ3) is 5.25. The molecule has 0 spiro atoms. The molecular weight excluding hydrogens is 333 g/mol. The lowest BCUT2D eigenvalue weighted by Crippen LogP contribution is -2.53. The van der Waals surface area contributed by atoms with Crippen LogP contribution in [0.2, 0.25) is 0 Å². The number of carbonyl (C=O) groups is 1. The van der Waals surface area contributed by atoms with Crippen molar-refractivity contribution in [1.29, 1.82) is 0 Å². The zero-order valence-electron chi connectivity index (χ0n) is 13.9. The molecule has 24 heavy (non-hydrogen) atoms. The first-order valence-electron chi connectivity index (χ1n) is 8.19. The average Bonchev–Trinajstić information content (AvgIpc) is 2.59. The molecule has 0 radical (unpaired) electrons. The van der Waals surface area contributed by atoms with Crippen molar-refractivity contribution in [3.05, 3.63) is 35.6 Å². The van der Waals surface area contributed by atoms with Crippen molar-refractivity contribution in [2.75, 3.05) is 32.7 Å². The number of piperazine rings is 1. The Kier molecular flexibility index (Phi) is 6.70. The minimum Gasteiger partial charge on any atom is -0.340 e. The van der Waals surface area contributed by atoms with Gasteiger partial charge in [-0.15, -0.1) is 0 Å². The Balaban J connectivity index is 1.79. The third-order valence-electron chi connectivity index (χ3n) is 4.01. The van der Waals surface area contributed by atoms with Crippen LogP contribution in [0.25, 0.3) is 0 Å². The summed E-state index contributed by atoms with van der Waals surface area (Å²) in [5, 5.41) is 0. The molecule has 134 valence electrons. The Labute approximate surface area is 142 Å². The highest BCUT2D eigenvalue weighted by molar-refractivity contribution is 7.87. The molecule has 0 aliphatic carbocycles. The molecule has 1 fully saturated rings. The summed E-state index contributed by atoms with van der Waals surface area (Å²) in [5.41, 5.74) is 0.912. The predicted octanol–water partition coefficient (Wildman–Crippen LogP) is 1.15. The zero-order valence-corrected chi connectivity index (χ0v) is 14.7. The Morgan fingerprint density at radius 3 is 2.38 bits per heavy atom. The first-order chi connectivity index (χ1) is 11.4. The third-order valence-corrected chi connectivity index (χ3v) is 5.62. The van der Waals surface area contributed by atoms with Crippen LogP contribution in [0.1, 0.15) is 25.3 Å². The van der Waals surface area contributed by atoms with Gasteiger partial charge in [-0.3, -0.25) is 4.79 Å². The molecule has 0 aromatic heterocycles. The van der Waals surface area contributed by atoms with Gasteiger partial charge in [0.05, 0.1) is 0 Å². The van der Waals surface area contributed by atoms with E-state index < -0.39 is 10.2 Å². The summed E-state index contributed by atoms with van der Waals surface area (Å²) in [4.78, 5) is 13.9. The summed E-state index contributed by atoms with van der Waals surface area (Å²) in [7, 11) is -3.44. The Bertz CT molecular complexity index is 641. The molecule has 6 nitrogen and oxygen atoms in total. The lowest BCUT2D eigenvalue weighted by atomic mass is 10.1. The van der Waals surface area contributed by atoms with Crippen molar-refractivity contribution in [3.63, 3.8) is 0 Å². The van der Waals surface area contributed by atoms with E-state index in [1.165, 1.54) is 16.4 Å². The van der Waals surface area contributed by atoms with E-state index in [1.54, 1.807) is 17.0 Å². The topological polar surface area (TPSA) is 69.7 Å². The van der Waals surface area contributed by atoms with Crippen LogP contribution in [0.4, 0.5) is 4.39 Å². The molecule has 8 heteroatoms. The summed E-state index contributed by atoms with van der Waals surface area (Å²) in [6, 6.07) is 6.11. The molecule has 0 atom stereocenters. The zero-order chi connectivity index (χ0) is 17.6. The van der Waals surface area contributed by atoms with Crippen LogP contribution in [0.5, 0.6) is 0 Å². The molecule has 1 aliphatic rings. The number of nitrogens with zero attached hydrogens (tertiary/aromatic N) is 2. The number of benzene rings is 1. The first-order valence-corrected chi connectivity index (χ1v) is 9.63. The maximum absolute atomic E-state index is 12.9. The van der Waals surface area contributed by atoms with Crippen molar-refractivity contribution < 1.29 is 17.6 Å². The van der Waals surface area contributed by atoms with Gasteiger partial charge in [0.1, 0.15) is 5.82 Å². The van der Waals surface area contributed by atoms with Crippen LogP contribution in [0.15, 0.2) is 24.3 Å². The number of halogens is 1. The van der Waals surface area contributed by atoms with E-state index >= 15 is 0 Å². The van der Waals surface area contributed by atoms with Gasteiger partial charge in [0.2, 0.25) is 5.91 Å². The van der Waals surface area contributed by atoms with Crippen LogP contribution in [-0.4, -0.2) is 56.3 Å².